The summed E-state index contributed by atoms with van der Waals surface area (Å²) in [6, 6.07) is 14.8. The summed E-state index contributed by atoms with van der Waals surface area (Å²) < 4.78 is 119. The number of esters is 1. The molecule has 2 aromatic rings. The number of rotatable bonds is 5. The minimum atomic E-state index is -5.39. The number of hydrogen-bond acceptors (Lipinski definition) is 9. The van der Waals surface area contributed by atoms with Gasteiger partial charge in [-0.1, -0.05) is 31.2 Å². The molecular weight excluding hydrogens is 856 g/mol. The Morgan fingerprint density at radius 1 is 0.660 bits per heavy atom. The van der Waals surface area contributed by atoms with Gasteiger partial charge in [0.2, 0.25) is 5.25 Å². The molecule has 0 fully saturated rings. The van der Waals surface area contributed by atoms with Crippen LogP contribution in [0.25, 0.3) is 10.8 Å². The first-order chi connectivity index (χ1) is 21.7. The zero-order chi connectivity index (χ0) is 41.5. The average Bonchev–Trinajstić information content (AvgIpc) is 2.78. The Hall–Kier alpha value is -1.00. The summed E-state index contributed by atoms with van der Waals surface area (Å²) in [5.41, 5.74) is 0. The first kappa shape index (κ1) is 58.3. The number of fused-ring (bicyclic) bond motifs is 1. The molecule has 0 saturated heterocycles. The molecule has 3 unspecified atom stereocenters. The fourth-order valence-corrected chi connectivity index (χ4v) is 4.11. The normalized spacial score (nSPS) is 13.6. The van der Waals surface area contributed by atoms with Gasteiger partial charge in [-0.25, -0.2) is 27.6 Å². The van der Waals surface area contributed by atoms with Gasteiger partial charge in [0.25, 0.3) is 0 Å². The van der Waals surface area contributed by atoms with Crippen LogP contribution in [0.4, 0.5) is 25.2 Å². The molecule has 50 heavy (non-hydrogen) atoms. The first-order valence-electron chi connectivity index (χ1n) is 11.5. The van der Waals surface area contributed by atoms with Gasteiger partial charge < -0.3 is 14.5 Å². The van der Waals surface area contributed by atoms with Crippen LogP contribution in [0.5, 0.6) is 0 Å². The van der Waals surface area contributed by atoms with E-state index < -0.39 is 47.4 Å². The second-order valence-electron chi connectivity index (χ2n) is 7.53. The molecular formula is C17H32F6O20P6S. The molecule has 0 radical (unpaired) electrons. The highest BCUT2D eigenvalue weighted by atomic mass is 32.2. The maximum Gasteiger partial charge on any atom is 0.507 e. The highest BCUT2D eigenvalue weighted by Gasteiger charge is 2.35. The number of carbonyl (C=O) groups excluding carboxylic acids is 1. The summed E-state index contributed by atoms with van der Waals surface area (Å²) in [5, 5.41) is 2.41. The van der Waals surface area contributed by atoms with E-state index in [1.807, 2.05) is 26.0 Å². The summed E-state index contributed by atoms with van der Waals surface area (Å²) in [7, 11) is -31.2. The average molecular weight is 888 g/mol. The number of hydrogen-bond donors (Lipinski definition) is 11. The predicted molar refractivity (Wildman–Crippen MR) is 163 cm³/mol. The van der Waals surface area contributed by atoms with Gasteiger partial charge in [-0.15, -0.1) is 21.0 Å². The number of ether oxygens (including phenoxy) is 1. The molecule has 0 bridgehead atoms. The first-order valence-corrected chi connectivity index (χ1v) is 22.1. The second kappa shape index (κ2) is 26.7. The molecule has 20 nitrogen and oxygen atoms in total. The summed E-state index contributed by atoms with van der Waals surface area (Å²) in [5.74, 6) is -0.0750. The van der Waals surface area contributed by atoms with Crippen molar-refractivity contribution < 1.29 is 121 Å². The van der Waals surface area contributed by atoms with E-state index in [9.17, 15) is 30.0 Å². The van der Waals surface area contributed by atoms with E-state index in [0.717, 1.165) is 6.42 Å². The van der Waals surface area contributed by atoms with Gasteiger partial charge in [-0.05, 0) is 29.8 Å². The third kappa shape index (κ3) is 76.7. The molecule has 0 aliphatic rings. The maximum absolute atomic E-state index is 12.0. The molecule has 0 aromatic heterocycles. The second-order valence-corrected chi connectivity index (χ2v) is 15.3. The van der Waals surface area contributed by atoms with Gasteiger partial charge in [-0.3, -0.25) is 53.5 Å². The Kier molecular flexibility index (Phi) is 31.2. The Morgan fingerprint density at radius 3 is 1.20 bits per heavy atom. The fraction of sp³-hybridized carbons (Fsp3) is 0.353. The van der Waals surface area contributed by atoms with E-state index in [0.29, 0.717) is 6.61 Å². The van der Waals surface area contributed by atoms with Gasteiger partial charge >= 0.3 is 53.4 Å². The standard InChI is InChI=1S/C17H21O2S.6FH2O3P/c1-4-16(17(18)19-5-2)20(3)15-11-10-13-8-6-7-9-14(13)12-15;6*1-5(2,3)4/h6-12,16H,4-5H2,1-3H3;6*(H2,2,3,4)/q+1;;;;;;/p-1. The van der Waals surface area contributed by atoms with Gasteiger partial charge in [-0.2, -0.15) is 4.20 Å². The lowest BCUT2D eigenvalue weighted by Gasteiger charge is -2.13. The van der Waals surface area contributed by atoms with Gasteiger partial charge in [0, 0.05) is 23.4 Å². The Labute approximate surface area is 281 Å². The van der Waals surface area contributed by atoms with Crippen molar-refractivity contribution in [3.63, 3.8) is 0 Å². The fourth-order valence-electron chi connectivity index (χ4n) is 2.33. The smallest absolute Gasteiger partial charge is 0.507 e. The molecule has 2 aromatic carbocycles. The number of carbonyl (C=O) groups is 1. The van der Waals surface area contributed by atoms with Crippen LogP contribution < -0.4 is 4.89 Å². The Morgan fingerprint density at radius 2 is 0.940 bits per heavy atom. The predicted octanol–water partition coefficient (Wildman–Crippen LogP) is 3.45. The minimum Gasteiger partial charge on any atom is -0.753 e. The molecule has 2 rings (SSSR count). The Balaban J connectivity index is -0.000000185. The van der Waals surface area contributed by atoms with Crippen molar-refractivity contribution in [1.82, 2.24) is 0 Å². The summed E-state index contributed by atoms with van der Waals surface area (Å²) in [4.78, 5) is 98.3. The molecule has 3 atom stereocenters. The largest absolute Gasteiger partial charge is 0.753 e. The van der Waals surface area contributed by atoms with Crippen molar-refractivity contribution in [2.24, 2.45) is 0 Å². The maximum atomic E-state index is 12.0. The lowest BCUT2D eigenvalue weighted by Crippen LogP contribution is -2.31. The monoisotopic (exact) mass is 888 g/mol. The lowest BCUT2D eigenvalue weighted by molar-refractivity contribution is -0.206. The molecule has 0 aliphatic heterocycles. The molecule has 0 heterocycles. The van der Waals surface area contributed by atoms with Crippen molar-refractivity contribution in [3.8, 4) is 0 Å². The number of halogens is 6. The Bertz CT molecular complexity index is 1330. The zero-order valence-electron chi connectivity index (χ0n) is 25.0. The van der Waals surface area contributed by atoms with Gasteiger partial charge in [0.1, 0.15) is 6.26 Å². The summed E-state index contributed by atoms with van der Waals surface area (Å²) in [6.07, 6.45) is 2.94. The zero-order valence-corrected chi connectivity index (χ0v) is 31.2. The molecule has 0 saturated carbocycles. The molecule has 33 heteroatoms. The lowest BCUT2D eigenvalue weighted by atomic mass is 10.1. The summed E-state index contributed by atoms with van der Waals surface area (Å²) in [6.45, 7) is 4.35. The topological polar surface area (TPSA) is 374 Å². The van der Waals surface area contributed by atoms with E-state index in [1.165, 1.54) is 15.7 Å². The molecule has 298 valence electrons. The van der Waals surface area contributed by atoms with Gasteiger partial charge in [0.15, 0.2) is 4.90 Å². The van der Waals surface area contributed by atoms with Crippen LogP contribution in [-0.2, 0) is 47.8 Å². The molecule has 0 aliphatic carbocycles. The highest BCUT2D eigenvalue weighted by Crippen LogP contribution is 2.36. The van der Waals surface area contributed by atoms with Crippen molar-refractivity contribution in [3.05, 3.63) is 42.5 Å². The highest BCUT2D eigenvalue weighted by molar-refractivity contribution is 7.97. The quantitative estimate of drug-likeness (QED) is 0.0886. The molecule has 11 N–H and O–H groups in total. The van der Waals surface area contributed by atoms with Gasteiger partial charge in [0.05, 0.1) is 6.61 Å². The summed E-state index contributed by atoms with van der Waals surface area (Å²) >= 11 is 0. The van der Waals surface area contributed by atoms with Crippen LogP contribution in [-0.4, -0.2) is 77.9 Å². The van der Waals surface area contributed by atoms with E-state index in [1.54, 1.807) is 0 Å². The number of benzene rings is 2. The van der Waals surface area contributed by atoms with Crippen LogP contribution in [0.15, 0.2) is 47.4 Å². The third-order valence-corrected chi connectivity index (χ3v) is 5.82. The van der Waals surface area contributed by atoms with E-state index in [4.69, 9.17) is 90.8 Å². The molecule has 0 amide bonds. The van der Waals surface area contributed by atoms with Crippen LogP contribution in [0.3, 0.4) is 0 Å². The minimum absolute atomic E-state index is 0.0453. The van der Waals surface area contributed by atoms with E-state index in [-0.39, 0.29) is 22.1 Å². The third-order valence-electron chi connectivity index (χ3n) is 3.44. The van der Waals surface area contributed by atoms with Crippen molar-refractivity contribution in [1.29, 1.82) is 0 Å². The van der Waals surface area contributed by atoms with Crippen molar-refractivity contribution in [2.75, 3.05) is 12.9 Å². The van der Waals surface area contributed by atoms with Crippen molar-refractivity contribution >= 4 is 75.1 Å². The van der Waals surface area contributed by atoms with Crippen LogP contribution in [0.2, 0.25) is 0 Å². The van der Waals surface area contributed by atoms with E-state index in [2.05, 4.69) is 36.6 Å². The van der Waals surface area contributed by atoms with E-state index >= 15 is 0 Å². The van der Waals surface area contributed by atoms with Crippen LogP contribution in [0.1, 0.15) is 20.3 Å². The molecule has 0 spiro atoms. The van der Waals surface area contributed by atoms with Crippen molar-refractivity contribution in [2.45, 2.75) is 30.4 Å². The SMILES string of the molecule is CCOC(=O)C(CC)[S+](C)c1ccc2ccccc2c1.O=P(O)(O)F.O=P(O)(O)F.O=P(O)(O)F.O=P(O)(O)F.O=P(O)(O)F.O=P([O-])(O)F. The van der Waals surface area contributed by atoms with Crippen LogP contribution >= 0.6 is 47.4 Å². The van der Waals surface area contributed by atoms with Crippen LogP contribution in [0, 0.1) is 0 Å².